The van der Waals surface area contributed by atoms with Gasteiger partial charge in [-0.25, -0.2) is 9.78 Å². The zero-order valence-electron chi connectivity index (χ0n) is 10.9. The van der Waals surface area contributed by atoms with E-state index in [1.165, 1.54) is 0 Å². The number of nitrogens with zero attached hydrogens (tertiary/aromatic N) is 3. The van der Waals surface area contributed by atoms with Crippen molar-refractivity contribution >= 4 is 28.9 Å². The average molecular weight is 311 g/mol. The van der Waals surface area contributed by atoms with E-state index in [-0.39, 0.29) is 28.5 Å². The summed E-state index contributed by atoms with van der Waals surface area (Å²) in [5, 5.41) is 22.7. The van der Waals surface area contributed by atoms with E-state index in [0.717, 1.165) is 12.1 Å². The van der Waals surface area contributed by atoms with E-state index in [0.29, 0.717) is 5.82 Å². The van der Waals surface area contributed by atoms with Gasteiger partial charge in [0.25, 0.3) is 5.69 Å². The van der Waals surface area contributed by atoms with Crippen LogP contribution in [0.1, 0.15) is 16.2 Å². The molecule has 0 aliphatic carbocycles. The molecule has 0 fully saturated rings. The van der Waals surface area contributed by atoms with E-state index >= 15 is 0 Å². The lowest BCUT2D eigenvalue weighted by atomic mass is 10.1. The second-order valence-electron chi connectivity index (χ2n) is 4.22. The Morgan fingerprint density at radius 1 is 1.57 bits per heavy atom. The van der Waals surface area contributed by atoms with Gasteiger partial charge < -0.3 is 15.0 Å². The van der Waals surface area contributed by atoms with Crippen molar-refractivity contribution in [3.8, 4) is 0 Å². The molecule has 0 aliphatic heterocycles. The summed E-state index contributed by atoms with van der Waals surface area (Å²) in [7, 11) is 1.79. The lowest BCUT2D eigenvalue weighted by Crippen LogP contribution is -2.10. The fourth-order valence-corrected chi connectivity index (χ4v) is 2.06. The predicted octanol–water partition coefficient (Wildman–Crippen LogP) is 2.29. The van der Waals surface area contributed by atoms with Gasteiger partial charge in [0.2, 0.25) is 0 Å². The first kappa shape index (κ1) is 14.8. The number of aromatic nitrogens is 2. The van der Waals surface area contributed by atoms with Crippen molar-refractivity contribution in [3.05, 3.63) is 51.1 Å². The number of carboxylic acids is 1. The highest BCUT2D eigenvalue weighted by Crippen LogP contribution is 2.31. The minimum Gasteiger partial charge on any atom is -0.478 e. The normalized spacial score (nSPS) is 10.4. The van der Waals surface area contributed by atoms with Gasteiger partial charge in [0.1, 0.15) is 5.82 Å². The van der Waals surface area contributed by atoms with Crippen LogP contribution in [0.3, 0.4) is 0 Å². The highest BCUT2D eigenvalue weighted by atomic mass is 35.5. The van der Waals surface area contributed by atoms with Gasteiger partial charge in [-0.3, -0.25) is 10.1 Å². The van der Waals surface area contributed by atoms with Crippen LogP contribution >= 0.6 is 11.6 Å². The smallest absolute Gasteiger partial charge is 0.338 e. The van der Waals surface area contributed by atoms with Gasteiger partial charge in [-0.05, 0) is 0 Å². The molecule has 1 heterocycles. The van der Waals surface area contributed by atoms with Crippen molar-refractivity contribution in [2.75, 3.05) is 5.32 Å². The van der Waals surface area contributed by atoms with Gasteiger partial charge in [0.15, 0.2) is 0 Å². The highest BCUT2D eigenvalue weighted by molar-refractivity contribution is 6.34. The van der Waals surface area contributed by atoms with Crippen molar-refractivity contribution in [1.29, 1.82) is 0 Å². The molecule has 0 saturated carbocycles. The quantitative estimate of drug-likeness (QED) is 0.647. The number of carboxylic acid groups (broad SMARTS) is 1. The third-order valence-corrected chi connectivity index (χ3v) is 3.16. The zero-order valence-corrected chi connectivity index (χ0v) is 11.7. The van der Waals surface area contributed by atoms with Gasteiger partial charge in [0.05, 0.1) is 27.7 Å². The number of nitrogens with one attached hydrogen (secondary N) is 1. The minimum absolute atomic E-state index is 0.0317. The van der Waals surface area contributed by atoms with E-state index in [1.54, 1.807) is 24.0 Å². The summed E-state index contributed by atoms with van der Waals surface area (Å²) in [6.07, 6.45) is 3.35. The maximum atomic E-state index is 11.2. The molecule has 110 valence electrons. The summed E-state index contributed by atoms with van der Waals surface area (Å²) >= 11 is 5.95. The third-order valence-electron chi connectivity index (χ3n) is 2.86. The second-order valence-corrected chi connectivity index (χ2v) is 4.63. The fraction of sp³-hybridized carbons (Fsp3) is 0.167. The van der Waals surface area contributed by atoms with Gasteiger partial charge in [-0.15, -0.1) is 0 Å². The molecule has 0 aliphatic rings. The van der Waals surface area contributed by atoms with Crippen molar-refractivity contribution in [2.45, 2.75) is 6.54 Å². The van der Waals surface area contributed by atoms with Crippen LogP contribution in [-0.2, 0) is 13.6 Å². The van der Waals surface area contributed by atoms with E-state index in [2.05, 4.69) is 10.3 Å². The van der Waals surface area contributed by atoms with Crippen LogP contribution in [0.4, 0.5) is 11.4 Å². The second kappa shape index (κ2) is 5.80. The molecule has 0 unspecified atom stereocenters. The number of carbonyl (C=O) groups is 1. The van der Waals surface area contributed by atoms with Crippen LogP contribution in [0.2, 0.25) is 5.02 Å². The number of benzene rings is 1. The van der Waals surface area contributed by atoms with Crippen LogP contribution < -0.4 is 5.32 Å². The summed E-state index contributed by atoms with van der Waals surface area (Å²) in [5.74, 6) is -0.635. The van der Waals surface area contributed by atoms with Crippen LogP contribution in [0, 0.1) is 10.1 Å². The molecule has 21 heavy (non-hydrogen) atoms. The molecule has 2 N–H and O–H groups in total. The monoisotopic (exact) mass is 310 g/mol. The minimum atomic E-state index is -1.30. The number of rotatable bonds is 5. The van der Waals surface area contributed by atoms with E-state index < -0.39 is 10.9 Å². The van der Waals surface area contributed by atoms with Gasteiger partial charge >= 0.3 is 5.97 Å². The number of non-ortho nitro benzene ring substituents is 1. The molecule has 9 heteroatoms. The lowest BCUT2D eigenvalue weighted by Gasteiger charge is -2.11. The largest absolute Gasteiger partial charge is 0.478 e. The number of halogens is 1. The Morgan fingerprint density at radius 2 is 2.29 bits per heavy atom. The molecule has 2 aromatic rings. The van der Waals surface area contributed by atoms with Crippen LogP contribution in [0.25, 0.3) is 0 Å². The number of nitro benzene ring substituents is 1. The summed E-state index contributed by atoms with van der Waals surface area (Å²) < 4.78 is 1.76. The van der Waals surface area contributed by atoms with Gasteiger partial charge in [-0.2, -0.15) is 0 Å². The van der Waals surface area contributed by atoms with Gasteiger partial charge in [-0.1, -0.05) is 11.6 Å². The van der Waals surface area contributed by atoms with E-state index in [9.17, 15) is 14.9 Å². The molecule has 8 nitrogen and oxygen atoms in total. The first-order valence-electron chi connectivity index (χ1n) is 5.81. The average Bonchev–Trinajstić information content (AvgIpc) is 2.81. The summed E-state index contributed by atoms with van der Waals surface area (Å²) in [6.45, 7) is 0.237. The Hall–Kier alpha value is -2.61. The first-order valence-corrected chi connectivity index (χ1v) is 6.19. The fourth-order valence-electron chi connectivity index (χ4n) is 1.78. The molecule has 0 amide bonds. The van der Waals surface area contributed by atoms with Crippen molar-refractivity contribution in [2.24, 2.45) is 7.05 Å². The highest BCUT2D eigenvalue weighted by Gasteiger charge is 2.20. The number of imidazole rings is 1. The van der Waals surface area contributed by atoms with Crippen molar-refractivity contribution in [3.63, 3.8) is 0 Å². The molecule has 0 saturated heterocycles. The molecule has 1 aromatic carbocycles. The molecular weight excluding hydrogens is 300 g/mol. The van der Waals surface area contributed by atoms with Crippen LogP contribution in [-0.4, -0.2) is 25.6 Å². The Balaban J connectivity index is 2.36. The van der Waals surface area contributed by atoms with Crippen LogP contribution in [0.15, 0.2) is 24.5 Å². The number of aromatic carboxylic acids is 1. The maximum Gasteiger partial charge on any atom is 0.338 e. The molecule has 2 rings (SSSR count). The maximum absolute atomic E-state index is 11.2. The Bertz CT molecular complexity index is 713. The zero-order chi connectivity index (χ0) is 15.6. The van der Waals surface area contributed by atoms with Crippen molar-refractivity contribution < 1.29 is 14.8 Å². The Kier molecular flexibility index (Phi) is 4.08. The molecule has 0 atom stereocenters. The van der Waals surface area contributed by atoms with Gasteiger partial charge in [0, 0.05) is 31.6 Å². The molecular formula is C12H11ClN4O4. The van der Waals surface area contributed by atoms with E-state index in [4.69, 9.17) is 16.7 Å². The molecule has 0 bridgehead atoms. The molecule has 1 aromatic heterocycles. The van der Waals surface area contributed by atoms with Crippen LogP contribution in [0.5, 0.6) is 0 Å². The SMILES string of the molecule is Cn1ccnc1CNc1c(Cl)cc([N+](=O)[O-])cc1C(=O)O. The first-order chi connectivity index (χ1) is 9.90. The van der Waals surface area contributed by atoms with Crippen molar-refractivity contribution in [1.82, 2.24) is 9.55 Å². The number of hydrogen-bond donors (Lipinski definition) is 2. The Morgan fingerprint density at radius 3 is 2.81 bits per heavy atom. The standard InChI is InChI=1S/C12H11ClN4O4/c1-16-3-2-14-10(16)6-15-11-8(12(18)19)4-7(17(20)21)5-9(11)13/h2-5,15H,6H2,1H3,(H,18,19). The number of hydrogen-bond acceptors (Lipinski definition) is 5. The topological polar surface area (TPSA) is 110 Å². The number of nitro groups is 1. The summed E-state index contributed by atoms with van der Waals surface area (Å²) in [4.78, 5) is 25.4. The van der Waals surface area contributed by atoms with E-state index in [1.807, 2.05) is 0 Å². The summed E-state index contributed by atoms with van der Waals surface area (Å²) in [5.41, 5.74) is -0.513. The lowest BCUT2D eigenvalue weighted by molar-refractivity contribution is -0.384. The molecule has 0 radical (unpaired) electrons. The number of aryl methyl sites for hydroxylation is 1. The third kappa shape index (κ3) is 3.11. The summed E-state index contributed by atoms with van der Waals surface area (Å²) in [6, 6.07) is 2.07. The number of anilines is 1. The Labute approximate surface area is 124 Å². The molecule has 0 spiro atoms. The predicted molar refractivity (Wildman–Crippen MR) is 75.6 cm³/mol.